The van der Waals surface area contributed by atoms with Gasteiger partial charge in [0.05, 0.1) is 55.2 Å². The Morgan fingerprint density at radius 1 is 1.28 bits per heavy atom. The first-order chi connectivity index (χ1) is 15.7. The van der Waals surface area contributed by atoms with Gasteiger partial charge in [0.15, 0.2) is 0 Å². The number of carbonyl (C=O) groups is 1. The number of carbonyl (C=O) groups excluding carboxylic acids is 1. The number of rotatable bonds is 7. The highest BCUT2D eigenvalue weighted by Gasteiger charge is 2.23. The summed E-state index contributed by atoms with van der Waals surface area (Å²) >= 11 is 1.18. The first-order valence-electron chi connectivity index (χ1n) is 9.86. The predicted octanol–water partition coefficient (Wildman–Crippen LogP) is 1.60. The highest BCUT2D eigenvalue weighted by atomic mass is 32.2. The zero-order chi connectivity index (χ0) is 22.3. The largest absolute Gasteiger partial charge is 0.497 e. The highest BCUT2D eigenvalue weighted by molar-refractivity contribution is 8.00. The van der Waals surface area contributed by atoms with E-state index in [2.05, 4.69) is 21.6 Å². The van der Waals surface area contributed by atoms with Crippen molar-refractivity contribution in [3.63, 3.8) is 0 Å². The molecule has 3 heterocycles. The van der Waals surface area contributed by atoms with Gasteiger partial charge in [0.25, 0.3) is 6.20 Å². The molecule has 1 amide bonds. The molecule has 1 aromatic carbocycles. The average Bonchev–Trinajstić information content (AvgIpc) is 3.31. The maximum absolute atomic E-state index is 12.4. The number of hydrogen-bond acceptors (Lipinski definition) is 9. The monoisotopic (exact) mass is 453 g/mol. The quantitative estimate of drug-likeness (QED) is 0.420. The van der Waals surface area contributed by atoms with Gasteiger partial charge in [-0.05, 0) is 36.4 Å². The molecule has 32 heavy (non-hydrogen) atoms. The summed E-state index contributed by atoms with van der Waals surface area (Å²) < 4.78 is 15.7. The van der Waals surface area contributed by atoms with E-state index in [1.54, 1.807) is 30.2 Å². The summed E-state index contributed by atoms with van der Waals surface area (Å²) in [6.07, 6.45) is 1.61. The molecule has 0 unspecified atom stereocenters. The summed E-state index contributed by atoms with van der Waals surface area (Å²) in [7, 11) is 1.61. The fourth-order valence-corrected chi connectivity index (χ4v) is 3.82. The van der Waals surface area contributed by atoms with Crippen molar-refractivity contribution in [3.8, 4) is 23.1 Å². The fraction of sp³-hybridized carbons (Fsp3) is 0.286. The Morgan fingerprint density at radius 2 is 2.06 bits per heavy atom. The van der Waals surface area contributed by atoms with E-state index < -0.39 is 0 Å². The fourth-order valence-electron chi connectivity index (χ4n) is 3.05. The van der Waals surface area contributed by atoms with E-state index in [1.807, 2.05) is 29.3 Å². The van der Waals surface area contributed by atoms with Gasteiger partial charge in [-0.25, -0.2) is 4.98 Å². The van der Waals surface area contributed by atoms with E-state index in [4.69, 9.17) is 14.0 Å². The normalized spacial score (nSPS) is 13.4. The molecule has 10 nitrogen and oxygen atoms in total. The maximum Gasteiger partial charge on any atom is 0.305 e. The van der Waals surface area contributed by atoms with Gasteiger partial charge in [-0.3, -0.25) is 14.6 Å². The number of anilines is 1. The van der Waals surface area contributed by atoms with Crippen molar-refractivity contribution in [2.45, 2.75) is 5.03 Å². The molecule has 1 N–H and O–H groups in total. The number of nitriles is 1. The van der Waals surface area contributed by atoms with Crippen molar-refractivity contribution in [1.29, 1.82) is 5.26 Å². The predicted molar refractivity (Wildman–Crippen MR) is 116 cm³/mol. The lowest BCUT2D eigenvalue weighted by molar-refractivity contribution is -0.759. The van der Waals surface area contributed by atoms with Gasteiger partial charge in [-0.15, -0.1) is 5.01 Å². The van der Waals surface area contributed by atoms with Crippen molar-refractivity contribution >= 4 is 23.6 Å². The van der Waals surface area contributed by atoms with Crippen molar-refractivity contribution in [2.24, 2.45) is 0 Å². The van der Waals surface area contributed by atoms with Crippen LogP contribution >= 0.6 is 11.8 Å². The minimum Gasteiger partial charge on any atom is -0.497 e. The minimum atomic E-state index is -0.291. The third-order valence-corrected chi connectivity index (χ3v) is 5.69. The van der Waals surface area contributed by atoms with E-state index in [1.165, 1.54) is 11.8 Å². The van der Waals surface area contributed by atoms with E-state index in [0.717, 1.165) is 11.3 Å². The smallest absolute Gasteiger partial charge is 0.305 e. The number of pyridine rings is 1. The summed E-state index contributed by atoms with van der Waals surface area (Å²) in [5.41, 5.74) is 2.00. The summed E-state index contributed by atoms with van der Waals surface area (Å²) in [4.78, 5) is 18.5. The third kappa shape index (κ3) is 5.16. The molecule has 0 radical (unpaired) electrons. The molecular formula is C21H21N6O4S+. The highest BCUT2D eigenvalue weighted by Crippen LogP contribution is 2.26. The van der Waals surface area contributed by atoms with Gasteiger partial charge in [0.2, 0.25) is 11.2 Å². The van der Waals surface area contributed by atoms with Crippen LogP contribution in [-0.4, -0.2) is 55.3 Å². The van der Waals surface area contributed by atoms with E-state index in [0.29, 0.717) is 42.6 Å². The molecule has 0 bridgehead atoms. The Hall–Kier alpha value is -3.62. The van der Waals surface area contributed by atoms with Gasteiger partial charge < -0.3 is 9.47 Å². The van der Waals surface area contributed by atoms with Gasteiger partial charge in [0, 0.05) is 5.56 Å². The molecule has 1 aliphatic heterocycles. The summed E-state index contributed by atoms with van der Waals surface area (Å²) in [6.45, 7) is 2.60. The molecule has 0 atom stereocenters. The molecule has 0 saturated carbocycles. The van der Waals surface area contributed by atoms with E-state index in [9.17, 15) is 10.1 Å². The van der Waals surface area contributed by atoms with E-state index in [-0.39, 0.29) is 17.5 Å². The topological polar surface area (TPSA) is 117 Å². The number of ether oxygens (including phenoxy) is 2. The second-order valence-electron chi connectivity index (χ2n) is 6.78. The summed E-state index contributed by atoms with van der Waals surface area (Å²) in [5, 5.41) is 18.4. The Bertz CT molecular complexity index is 1120. The van der Waals surface area contributed by atoms with Crippen LogP contribution in [0, 0.1) is 11.3 Å². The molecule has 1 fully saturated rings. The van der Waals surface area contributed by atoms with Crippen LogP contribution in [0.15, 0.2) is 52.1 Å². The second kappa shape index (κ2) is 10.1. The molecule has 1 aliphatic rings. The Balaban J connectivity index is 1.39. The zero-order valence-corrected chi connectivity index (χ0v) is 18.2. The summed E-state index contributed by atoms with van der Waals surface area (Å²) in [6, 6.07) is 13.1. The lowest BCUT2D eigenvalue weighted by Gasteiger charge is -2.18. The molecule has 164 valence electrons. The van der Waals surface area contributed by atoms with Gasteiger partial charge in [-0.2, -0.15) is 5.26 Å². The SMILES string of the molecule is COc1ccc(-c2ccc(C#N)c(SCC(=O)Nc3c[n+](N4CCOCC4)no3)n2)cc1. The van der Waals surface area contributed by atoms with Gasteiger partial charge >= 0.3 is 5.88 Å². The number of morpholine rings is 1. The molecule has 1 saturated heterocycles. The summed E-state index contributed by atoms with van der Waals surface area (Å²) in [5.74, 6) is 0.755. The van der Waals surface area contributed by atoms with Crippen LogP contribution in [0.4, 0.5) is 5.88 Å². The first kappa shape index (κ1) is 21.6. The molecule has 3 aromatic rings. The number of methoxy groups -OCH3 is 1. The number of hydrogen-bond donors (Lipinski definition) is 1. The molecule has 2 aromatic heterocycles. The third-order valence-electron chi connectivity index (χ3n) is 4.70. The molecule has 0 aliphatic carbocycles. The minimum absolute atomic E-state index is 0.0615. The van der Waals surface area contributed by atoms with E-state index >= 15 is 0 Å². The van der Waals surface area contributed by atoms with Crippen molar-refractivity contribution in [2.75, 3.05) is 49.5 Å². The van der Waals surface area contributed by atoms with Crippen molar-refractivity contribution in [3.05, 3.63) is 48.2 Å². The first-order valence-corrected chi connectivity index (χ1v) is 10.8. The van der Waals surface area contributed by atoms with Crippen LogP contribution in [0.3, 0.4) is 0 Å². The Morgan fingerprint density at radius 3 is 2.78 bits per heavy atom. The van der Waals surface area contributed by atoms with Crippen molar-refractivity contribution < 1.29 is 23.6 Å². The molecule has 11 heteroatoms. The van der Waals surface area contributed by atoms with Crippen LogP contribution in [-0.2, 0) is 9.53 Å². The number of aromatic nitrogens is 3. The van der Waals surface area contributed by atoms with Crippen LogP contribution in [0.5, 0.6) is 5.75 Å². The lowest BCUT2D eigenvalue weighted by atomic mass is 10.1. The van der Waals surface area contributed by atoms with Crippen LogP contribution in [0.1, 0.15) is 5.56 Å². The molecule has 0 spiro atoms. The average molecular weight is 454 g/mol. The molecule has 4 rings (SSSR count). The van der Waals surface area contributed by atoms with Crippen LogP contribution < -0.4 is 19.9 Å². The number of benzene rings is 1. The Labute approximate surface area is 188 Å². The van der Waals surface area contributed by atoms with Crippen LogP contribution in [0.25, 0.3) is 11.3 Å². The number of amides is 1. The van der Waals surface area contributed by atoms with Crippen molar-refractivity contribution in [1.82, 2.24) is 10.3 Å². The van der Waals surface area contributed by atoms with Crippen LogP contribution in [0.2, 0.25) is 0 Å². The number of thioether (sulfide) groups is 1. The lowest BCUT2D eigenvalue weighted by Crippen LogP contribution is -2.62. The zero-order valence-electron chi connectivity index (χ0n) is 17.4. The van der Waals surface area contributed by atoms with Gasteiger partial charge in [0.1, 0.15) is 16.8 Å². The van der Waals surface area contributed by atoms with Gasteiger partial charge in [-0.1, -0.05) is 11.8 Å². The standard InChI is InChI=1S/C21H20N6O4S/c1-29-17-5-2-15(3-6-17)18-7-4-16(12-22)21(23-18)32-14-19(28)24-20-13-27(25-31-20)26-8-10-30-11-9-26/h2-7,13H,8-11,14H2,1H3/p+1. The molecular weight excluding hydrogens is 432 g/mol. The number of nitrogens with one attached hydrogen (secondary N) is 1. The second-order valence-corrected chi connectivity index (χ2v) is 7.74. The maximum atomic E-state index is 12.4. The Kier molecular flexibility index (Phi) is 6.84. The number of nitrogens with zero attached hydrogens (tertiary/aromatic N) is 5.